The van der Waals surface area contributed by atoms with Crippen LogP contribution in [0.25, 0.3) is 0 Å². The molecule has 2 unspecified atom stereocenters. The van der Waals surface area contributed by atoms with Crippen LogP contribution in [0.5, 0.6) is 0 Å². The molecule has 4 nitrogen and oxygen atoms in total. The molecule has 1 aliphatic heterocycles. The number of halogens is 1. The third-order valence-electron chi connectivity index (χ3n) is 2.83. The van der Waals surface area contributed by atoms with E-state index in [-0.39, 0.29) is 18.2 Å². The SMILES string of the molecule is CC(C)(C)OC(=O)N1CCC(N)CC1CCF. The number of nitrogens with two attached hydrogens (primary N) is 1. The van der Waals surface area contributed by atoms with Gasteiger partial charge in [-0.3, -0.25) is 4.39 Å². The molecule has 0 spiro atoms. The predicted molar refractivity (Wildman–Crippen MR) is 64.5 cm³/mol. The average Bonchev–Trinajstić information content (AvgIpc) is 2.15. The quantitative estimate of drug-likeness (QED) is 0.811. The van der Waals surface area contributed by atoms with Gasteiger partial charge < -0.3 is 15.4 Å². The van der Waals surface area contributed by atoms with Crippen LogP contribution in [0.15, 0.2) is 0 Å². The van der Waals surface area contributed by atoms with Gasteiger partial charge in [-0.05, 0) is 40.0 Å². The molecule has 17 heavy (non-hydrogen) atoms. The molecule has 0 saturated carbocycles. The third kappa shape index (κ3) is 4.50. The molecule has 0 aromatic heterocycles. The highest BCUT2D eigenvalue weighted by molar-refractivity contribution is 5.68. The summed E-state index contributed by atoms with van der Waals surface area (Å²) in [6.45, 7) is 5.59. The number of hydrogen-bond acceptors (Lipinski definition) is 3. The van der Waals surface area contributed by atoms with Crippen LogP contribution in [0.1, 0.15) is 40.0 Å². The van der Waals surface area contributed by atoms with Crippen LogP contribution in [0.2, 0.25) is 0 Å². The van der Waals surface area contributed by atoms with Crippen molar-refractivity contribution in [2.45, 2.75) is 57.7 Å². The maximum Gasteiger partial charge on any atom is 0.410 e. The largest absolute Gasteiger partial charge is 0.444 e. The summed E-state index contributed by atoms with van der Waals surface area (Å²) in [5.74, 6) is 0. The van der Waals surface area contributed by atoms with Gasteiger partial charge in [0.25, 0.3) is 0 Å². The topological polar surface area (TPSA) is 55.6 Å². The highest BCUT2D eigenvalue weighted by atomic mass is 19.1. The zero-order valence-electron chi connectivity index (χ0n) is 10.9. The minimum absolute atomic E-state index is 0.0604. The molecule has 0 aromatic rings. The summed E-state index contributed by atoms with van der Waals surface area (Å²) in [6.07, 6.45) is 1.39. The Morgan fingerprint density at radius 3 is 2.71 bits per heavy atom. The first-order valence-electron chi connectivity index (χ1n) is 6.14. The lowest BCUT2D eigenvalue weighted by Gasteiger charge is -2.38. The first kappa shape index (κ1) is 14.2. The fourth-order valence-corrected chi connectivity index (χ4v) is 2.04. The molecule has 1 amide bonds. The number of likely N-dealkylation sites (tertiary alicyclic amines) is 1. The number of nitrogens with zero attached hydrogens (tertiary/aromatic N) is 1. The molecular formula is C12H23FN2O2. The van der Waals surface area contributed by atoms with Gasteiger partial charge >= 0.3 is 6.09 Å². The molecule has 0 aliphatic carbocycles. The Labute approximate surface area is 102 Å². The van der Waals surface area contributed by atoms with Crippen LogP contribution < -0.4 is 5.73 Å². The summed E-state index contributed by atoms with van der Waals surface area (Å²) < 4.78 is 17.8. The normalized spacial score (nSPS) is 25.8. The zero-order chi connectivity index (χ0) is 13.1. The van der Waals surface area contributed by atoms with Crippen molar-refractivity contribution in [2.24, 2.45) is 5.73 Å². The van der Waals surface area contributed by atoms with Crippen molar-refractivity contribution < 1.29 is 13.9 Å². The van der Waals surface area contributed by atoms with E-state index in [9.17, 15) is 9.18 Å². The summed E-state index contributed by atoms with van der Waals surface area (Å²) in [4.78, 5) is 13.6. The first-order chi connectivity index (χ1) is 7.83. The highest BCUT2D eigenvalue weighted by Crippen LogP contribution is 2.22. The molecule has 1 fully saturated rings. The Kier molecular flexibility index (Phi) is 4.74. The average molecular weight is 246 g/mol. The van der Waals surface area contributed by atoms with Gasteiger partial charge in [-0.15, -0.1) is 0 Å². The lowest BCUT2D eigenvalue weighted by molar-refractivity contribution is 0.00663. The molecule has 5 heteroatoms. The number of hydrogen-bond donors (Lipinski definition) is 1. The Morgan fingerprint density at radius 1 is 1.53 bits per heavy atom. The Bertz CT molecular complexity index is 266. The van der Waals surface area contributed by atoms with Gasteiger partial charge in [-0.1, -0.05) is 0 Å². The molecule has 0 aromatic carbocycles. The fraction of sp³-hybridized carbons (Fsp3) is 0.917. The monoisotopic (exact) mass is 246 g/mol. The molecule has 1 saturated heterocycles. The second-order valence-electron chi connectivity index (χ2n) is 5.59. The van der Waals surface area contributed by atoms with E-state index in [4.69, 9.17) is 10.5 Å². The summed E-state index contributed by atoms with van der Waals surface area (Å²) >= 11 is 0. The minimum Gasteiger partial charge on any atom is -0.444 e. The number of rotatable bonds is 2. The van der Waals surface area contributed by atoms with Gasteiger partial charge in [-0.2, -0.15) is 0 Å². The second kappa shape index (κ2) is 5.67. The van der Waals surface area contributed by atoms with Crippen LogP contribution >= 0.6 is 0 Å². The maximum absolute atomic E-state index is 12.5. The highest BCUT2D eigenvalue weighted by Gasteiger charge is 2.32. The fourth-order valence-electron chi connectivity index (χ4n) is 2.04. The van der Waals surface area contributed by atoms with E-state index >= 15 is 0 Å². The summed E-state index contributed by atoms with van der Waals surface area (Å²) in [5, 5.41) is 0. The van der Waals surface area contributed by atoms with E-state index in [0.29, 0.717) is 19.4 Å². The van der Waals surface area contributed by atoms with Gasteiger partial charge in [0.1, 0.15) is 5.60 Å². The predicted octanol–water partition coefficient (Wildman–Crippen LogP) is 2.07. The second-order valence-corrected chi connectivity index (χ2v) is 5.59. The number of carbonyl (C=O) groups is 1. The summed E-state index contributed by atoms with van der Waals surface area (Å²) in [7, 11) is 0. The molecule has 100 valence electrons. The lowest BCUT2D eigenvalue weighted by atomic mass is 9.96. The zero-order valence-corrected chi connectivity index (χ0v) is 10.9. The van der Waals surface area contributed by atoms with Crippen molar-refractivity contribution in [1.82, 2.24) is 4.90 Å². The molecule has 2 N–H and O–H groups in total. The van der Waals surface area contributed by atoms with Crippen molar-refractivity contribution >= 4 is 6.09 Å². The first-order valence-corrected chi connectivity index (χ1v) is 6.14. The maximum atomic E-state index is 12.5. The van der Waals surface area contributed by atoms with Gasteiger partial charge in [0, 0.05) is 18.6 Å². The van der Waals surface area contributed by atoms with Crippen LogP contribution in [0.3, 0.4) is 0 Å². The van der Waals surface area contributed by atoms with Gasteiger partial charge in [0.15, 0.2) is 0 Å². The minimum atomic E-state index is -0.517. The molecule has 1 rings (SSSR count). The van der Waals surface area contributed by atoms with Crippen LogP contribution in [-0.2, 0) is 4.74 Å². The van der Waals surface area contributed by atoms with E-state index in [1.165, 1.54) is 0 Å². The van der Waals surface area contributed by atoms with Crippen molar-refractivity contribution in [3.05, 3.63) is 0 Å². The standard InChI is InChI=1S/C12H23FN2O2/c1-12(2,3)17-11(16)15-7-5-9(14)8-10(15)4-6-13/h9-10H,4-8,14H2,1-3H3. The molecule has 1 aliphatic rings. The number of piperidine rings is 1. The number of carbonyl (C=O) groups excluding carboxylic acids is 1. The van der Waals surface area contributed by atoms with Crippen molar-refractivity contribution in [2.75, 3.05) is 13.2 Å². The van der Waals surface area contributed by atoms with E-state index in [2.05, 4.69) is 0 Å². The van der Waals surface area contributed by atoms with E-state index in [1.807, 2.05) is 20.8 Å². The van der Waals surface area contributed by atoms with Crippen molar-refractivity contribution in [3.63, 3.8) is 0 Å². The lowest BCUT2D eigenvalue weighted by Crippen LogP contribution is -2.51. The van der Waals surface area contributed by atoms with Gasteiger partial charge in [-0.25, -0.2) is 4.79 Å². The Morgan fingerprint density at radius 2 is 2.18 bits per heavy atom. The summed E-state index contributed by atoms with van der Waals surface area (Å²) in [6, 6.07) is -0.0659. The van der Waals surface area contributed by atoms with E-state index in [0.717, 1.165) is 6.42 Å². The number of alkyl halides is 1. The van der Waals surface area contributed by atoms with Crippen LogP contribution in [-0.4, -0.2) is 41.9 Å². The number of amides is 1. The summed E-state index contributed by atoms with van der Waals surface area (Å²) in [5.41, 5.74) is 5.33. The Hall–Kier alpha value is -0.840. The smallest absolute Gasteiger partial charge is 0.410 e. The van der Waals surface area contributed by atoms with Crippen molar-refractivity contribution in [1.29, 1.82) is 0 Å². The molecule has 0 radical (unpaired) electrons. The van der Waals surface area contributed by atoms with E-state index in [1.54, 1.807) is 4.90 Å². The third-order valence-corrected chi connectivity index (χ3v) is 2.83. The van der Waals surface area contributed by atoms with Crippen LogP contribution in [0.4, 0.5) is 9.18 Å². The molecule has 2 atom stereocenters. The van der Waals surface area contributed by atoms with Crippen molar-refractivity contribution in [3.8, 4) is 0 Å². The van der Waals surface area contributed by atoms with Gasteiger partial charge in [0.2, 0.25) is 0 Å². The van der Waals surface area contributed by atoms with E-state index < -0.39 is 12.3 Å². The van der Waals surface area contributed by atoms with Gasteiger partial charge in [0.05, 0.1) is 6.67 Å². The van der Waals surface area contributed by atoms with Crippen LogP contribution in [0, 0.1) is 0 Å². The molecule has 0 bridgehead atoms. The Balaban J connectivity index is 2.62. The molecule has 1 heterocycles. The number of ether oxygens (including phenoxy) is 1. The molecular weight excluding hydrogens is 223 g/mol.